The summed E-state index contributed by atoms with van der Waals surface area (Å²) >= 11 is 5.18. The molecule has 0 saturated heterocycles. The second kappa shape index (κ2) is 6.78. The van der Waals surface area contributed by atoms with Crippen LogP contribution >= 0.6 is 27.7 Å². The normalized spacial score (nSPS) is 10.4. The summed E-state index contributed by atoms with van der Waals surface area (Å²) in [7, 11) is 0. The van der Waals surface area contributed by atoms with Crippen molar-refractivity contribution >= 4 is 33.7 Å². The molecule has 98 valence electrons. The molecule has 2 aromatic carbocycles. The zero-order valence-electron chi connectivity index (χ0n) is 10.2. The smallest absolute Gasteiger partial charge is 0.307 e. The van der Waals surface area contributed by atoms with Crippen LogP contribution in [0, 0.1) is 0 Å². The molecule has 0 unspecified atom stereocenters. The Morgan fingerprint density at radius 1 is 1.00 bits per heavy atom. The van der Waals surface area contributed by atoms with E-state index in [0.717, 1.165) is 15.8 Å². The molecule has 0 aliphatic heterocycles. The van der Waals surface area contributed by atoms with E-state index >= 15 is 0 Å². The maximum atomic E-state index is 10.6. The van der Waals surface area contributed by atoms with E-state index in [1.807, 2.05) is 36.4 Å². The fourth-order valence-corrected chi connectivity index (χ4v) is 2.74. The Kier molecular flexibility index (Phi) is 5.05. The van der Waals surface area contributed by atoms with Crippen LogP contribution < -0.4 is 0 Å². The minimum atomic E-state index is -0.794. The van der Waals surface area contributed by atoms with Gasteiger partial charge in [-0.15, -0.1) is 11.8 Å². The molecule has 0 atom stereocenters. The first-order valence-electron chi connectivity index (χ1n) is 5.81. The minimum absolute atomic E-state index is 0.0835. The van der Waals surface area contributed by atoms with Crippen molar-refractivity contribution in [1.29, 1.82) is 0 Å². The second-order valence-corrected chi connectivity index (χ2v) is 6.09. The fraction of sp³-hybridized carbons (Fsp3) is 0.133. The molecule has 1 N–H and O–H groups in total. The highest BCUT2D eigenvalue weighted by molar-refractivity contribution is 9.10. The first-order chi connectivity index (χ1) is 9.13. The van der Waals surface area contributed by atoms with E-state index < -0.39 is 5.97 Å². The van der Waals surface area contributed by atoms with Crippen molar-refractivity contribution in [3.63, 3.8) is 0 Å². The van der Waals surface area contributed by atoms with Crippen molar-refractivity contribution in [2.24, 2.45) is 0 Å². The van der Waals surface area contributed by atoms with Gasteiger partial charge in [-0.05, 0) is 35.4 Å². The Morgan fingerprint density at radius 2 is 1.58 bits per heavy atom. The molecule has 0 aromatic heterocycles. The number of carbonyl (C=O) groups is 1. The Hall–Kier alpha value is -1.26. The van der Waals surface area contributed by atoms with Crippen LogP contribution in [0.2, 0.25) is 0 Å². The number of thioether (sulfide) groups is 1. The van der Waals surface area contributed by atoms with E-state index in [-0.39, 0.29) is 6.42 Å². The first kappa shape index (κ1) is 14.2. The fourth-order valence-electron chi connectivity index (χ4n) is 1.63. The standard InChI is InChI=1S/C15H13BrO2S/c16-13-5-7-14(8-6-13)19-10-12-3-1-11(2-4-12)9-15(17)18/h1-8H,9-10H2,(H,17,18). The Balaban J connectivity index is 1.92. The summed E-state index contributed by atoms with van der Waals surface area (Å²) in [6.07, 6.45) is 0.0835. The van der Waals surface area contributed by atoms with Crippen molar-refractivity contribution < 1.29 is 9.90 Å². The van der Waals surface area contributed by atoms with Crippen LogP contribution in [0.25, 0.3) is 0 Å². The predicted molar refractivity (Wildman–Crippen MR) is 81.5 cm³/mol. The van der Waals surface area contributed by atoms with Crippen LogP contribution in [0.3, 0.4) is 0 Å². The molecule has 0 aliphatic carbocycles. The molecule has 19 heavy (non-hydrogen) atoms. The lowest BCUT2D eigenvalue weighted by Gasteiger charge is -2.03. The van der Waals surface area contributed by atoms with Gasteiger partial charge in [0.25, 0.3) is 0 Å². The van der Waals surface area contributed by atoms with Crippen LogP contribution in [0.15, 0.2) is 57.9 Å². The lowest BCUT2D eigenvalue weighted by atomic mass is 10.1. The minimum Gasteiger partial charge on any atom is -0.481 e. The van der Waals surface area contributed by atoms with Gasteiger partial charge in [0.1, 0.15) is 0 Å². The van der Waals surface area contributed by atoms with E-state index in [1.54, 1.807) is 11.8 Å². The SMILES string of the molecule is O=C(O)Cc1ccc(CSc2ccc(Br)cc2)cc1. The van der Waals surface area contributed by atoms with E-state index in [9.17, 15) is 4.79 Å². The van der Waals surface area contributed by atoms with E-state index in [2.05, 4.69) is 28.1 Å². The molecule has 2 aromatic rings. The molecule has 2 rings (SSSR count). The number of hydrogen-bond acceptors (Lipinski definition) is 2. The molecular weight excluding hydrogens is 324 g/mol. The van der Waals surface area contributed by atoms with Crippen molar-refractivity contribution in [2.75, 3.05) is 0 Å². The van der Waals surface area contributed by atoms with Crippen molar-refractivity contribution in [2.45, 2.75) is 17.1 Å². The van der Waals surface area contributed by atoms with E-state index in [4.69, 9.17) is 5.11 Å². The summed E-state index contributed by atoms with van der Waals surface area (Å²) in [4.78, 5) is 11.8. The molecule has 4 heteroatoms. The Morgan fingerprint density at radius 3 is 2.16 bits per heavy atom. The van der Waals surface area contributed by atoms with Crippen molar-refractivity contribution in [1.82, 2.24) is 0 Å². The van der Waals surface area contributed by atoms with E-state index in [0.29, 0.717) is 0 Å². The first-order valence-corrected chi connectivity index (χ1v) is 7.59. The molecule has 2 nitrogen and oxygen atoms in total. The number of hydrogen-bond donors (Lipinski definition) is 1. The summed E-state index contributed by atoms with van der Waals surface area (Å²) in [5, 5.41) is 8.70. The average Bonchev–Trinajstić information content (AvgIpc) is 2.39. The summed E-state index contributed by atoms with van der Waals surface area (Å²) in [6, 6.07) is 15.9. The maximum absolute atomic E-state index is 10.6. The predicted octanol–water partition coefficient (Wildman–Crippen LogP) is 4.37. The summed E-state index contributed by atoms with van der Waals surface area (Å²) in [6.45, 7) is 0. The third kappa shape index (κ3) is 4.73. The number of aliphatic carboxylic acids is 1. The zero-order chi connectivity index (χ0) is 13.7. The Labute approximate surface area is 125 Å². The van der Waals surface area contributed by atoms with Gasteiger partial charge < -0.3 is 5.11 Å². The number of halogens is 1. The quantitative estimate of drug-likeness (QED) is 0.824. The summed E-state index contributed by atoms with van der Waals surface area (Å²) in [5.41, 5.74) is 2.03. The van der Waals surface area contributed by atoms with Crippen LogP contribution in [0.1, 0.15) is 11.1 Å². The number of rotatable bonds is 5. The highest BCUT2D eigenvalue weighted by atomic mass is 79.9. The van der Waals surface area contributed by atoms with Gasteiger partial charge in [0, 0.05) is 15.1 Å². The molecule has 0 amide bonds. The molecular formula is C15H13BrO2S. The monoisotopic (exact) mass is 336 g/mol. The topological polar surface area (TPSA) is 37.3 Å². The average molecular weight is 337 g/mol. The van der Waals surface area contributed by atoms with Gasteiger partial charge >= 0.3 is 5.97 Å². The lowest BCUT2D eigenvalue weighted by Crippen LogP contribution is -1.99. The van der Waals surface area contributed by atoms with Crippen LogP contribution in [0.5, 0.6) is 0 Å². The largest absolute Gasteiger partial charge is 0.481 e. The molecule has 0 bridgehead atoms. The van der Waals surface area contributed by atoms with Crippen LogP contribution in [-0.2, 0) is 17.0 Å². The van der Waals surface area contributed by atoms with Crippen LogP contribution in [-0.4, -0.2) is 11.1 Å². The zero-order valence-corrected chi connectivity index (χ0v) is 12.6. The molecule has 0 radical (unpaired) electrons. The van der Waals surface area contributed by atoms with Gasteiger partial charge in [0.2, 0.25) is 0 Å². The molecule has 0 aliphatic rings. The summed E-state index contributed by atoms with van der Waals surface area (Å²) < 4.78 is 1.08. The third-order valence-corrected chi connectivity index (χ3v) is 4.21. The third-order valence-electron chi connectivity index (χ3n) is 2.60. The molecule has 0 fully saturated rings. The van der Waals surface area contributed by atoms with Gasteiger partial charge in [-0.3, -0.25) is 4.79 Å². The number of carboxylic acid groups (broad SMARTS) is 1. The summed E-state index contributed by atoms with van der Waals surface area (Å²) in [5.74, 6) is 0.0895. The molecule has 0 spiro atoms. The van der Waals surface area contributed by atoms with Gasteiger partial charge in [-0.2, -0.15) is 0 Å². The van der Waals surface area contributed by atoms with Gasteiger partial charge in [0.15, 0.2) is 0 Å². The van der Waals surface area contributed by atoms with Gasteiger partial charge in [0.05, 0.1) is 6.42 Å². The van der Waals surface area contributed by atoms with Crippen LogP contribution in [0.4, 0.5) is 0 Å². The number of carboxylic acids is 1. The second-order valence-electron chi connectivity index (χ2n) is 4.13. The van der Waals surface area contributed by atoms with Crippen molar-refractivity contribution in [3.8, 4) is 0 Å². The van der Waals surface area contributed by atoms with Gasteiger partial charge in [-0.1, -0.05) is 40.2 Å². The van der Waals surface area contributed by atoms with E-state index in [1.165, 1.54) is 10.5 Å². The highest BCUT2D eigenvalue weighted by Gasteiger charge is 2.01. The molecule has 0 saturated carbocycles. The Bertz CT molecular complexity index is 549. The number of benzene rings is 2. The maximum Gasteiger partial charge on any atom is 0.307 e. The lowest BCUT2D eigenvalue weighted by molar-refractivity contribution is -0.136. The van der Waals surface area contributed by atoms with Crippen molar-refractivity contribution in [3.05, 3.63) is 64.1 Å². The molecule has 0 heterocycles. The van der Waals surface area contributed by atoms with Gasteiger partial charge in [-0.25, -0.2) is 0 Å². The highest BCUT2D eigenvalue weighted by Crippen LogP contribution is 2.24.